The Labute approximate surface area is 112 Å². The summed E-state index contributed by atoms with van der Waals surface area (Å²) in [6.45, 7) is 2.31. The normalized spacial score (nSPS) is 23.8. The number of thioether (sulfide) groups is 1. The maximum absolute atomic E-state index is 11.1. The van der Waals surface area contributed by atoms with Gasteiger partial charge in [-0.2, -0.15) is 0 Å². The number of hydrogen-bond donors (Lipinski definition) is 2. The van der Waals surface area contributed by atoms with E-state index in [0.717, 1.165) is 10.8 Å². The van der Waals surface area contributed by atoms with E-state index in [2.05, 4.69) is 6.92 Å². The summed E-state index contributed by atoms with van der Waals surface area (Å²) in [6.07, 6.45) is 5.15. The Balaban J connectivity index is 2.07. The first-order valence-electron chi connectivity index (χ1n) is 6.42. The van der Waals surface area contributed by atoms with E-state index >= 15 is 0 Å². The monoisotopic (exact) mass is 264 g/mol. The molecule has 4 heteroatoms. The first-order chi connectivity index (χ1) is 8.56. The first kappa shape index (κ1) is 13.3. The molecule has 0 spiro atoms. The van der Waals surface area contributed by atoms with Gasteiger partial charge in [0, 0.05) is 21.4 Å². The second kappa shape index (κ2) is 5.65. The van der Waals surface area contributed by atoms with Crippen molar-refractivity contribution in [2.24, 2.45) is 11.7 Å². The number of carbonyl (C=O) groups excluding carboxylic acids is 1. The molecule has 0 aromatic heterocycles. The molecule has 18 heavy (non-hydrogen) atoms. The molecule has 0 bridgehead atoms. The molecule has 1 saturated carbocycles. The average molecular weight is 264 g/mol. The van der Waals surface area contributed by atoms with Gasteiger partial charge in [0.1, 0.15) is 0 Å². The van der Waals surface area contributed by atoms with Gasteiger partial charge in [-0.15, -0.1) is 11.8 Å². The number of rotatable bonds is 3. The highest BCUT2D eigenvalue weighted by Gasteiger charge is 2.20. The van der Waals surface area contributed by atoms with Gasteiger partial charge < -0.3 is 11.5 Å². The lowest BCUT2D eigenvalue weighted by molar-refractivity contribution is 0.100. The summed E-state index contributed by atoms with van der Waals surface area (Å²) in [6, 6.07) is 5.35. The van der Waals surface area contributed by atoms with Crippen LogP contribution in [0.5, 0.6) is 0 Å². The van der Waals surface area contributed by atoms with Crippen LogP contribution in [0.3, 0.4) is 0 Å². The van der Waals surface area contributed by atoms with Crippen molar-refractivity contribution in [1.29, 1.82) is 0 Å². The maximum Gasteiger partial charge on any atom is 0.248 e. The van der Waals surface area contributed by atoms with E-state index in [1.807, 2.05) is 17.8 Å². The van der Waals surface area contributed by atoms with Gasteiger partial charge in [0.2, 0.25) is 5.91 Å². The summed E-state index contributed by atoms with van der Waals surface area (Å²) in [5.41, 5.74) is 12.4. The van der Waals surface area contributed by atoms with E-state index in [-0.39, 0.29) is 0 Å². The molecule has 1 aliphatic rings. The van der Waals surface area contributed by atoms with Crippen LogP contribution in [0.2, 0.25) is 0 Å². The number of primary amides is 1. The molecule has 0 radical (unpaired) electrons. The summed E-state index contributed by atoms with van der Waals surface area (Å²) in [5.74, 6) is 0.381. The quantitative estimate of drug-likeness (QED) is 0.824. The lowest BCUT2D eigenvalue weighted by Gasteiger charge is -2.26. The molecular formula is C14H20N2OS. The zero-order chi connectivity index (χ0) is 13.1. The van der Waals surface area contributed by atoms with Crippen LogP contribution in [-0.4, -0.2) is 11.2 Å². The standard InChI is InChI=1S/C14H20N2OS/c1-9-3-2-4-11(7-9)18-13-6-5-10(14(16)17)8-12(13)15/h5-6,8-9,11H,2-4,7,15H2,1H3,(H2,16,17). The van der Waals surface area contributed by atoms with Crippen LogP contribution in [-0.2, 0) is 0 Å². The van der Waals surface area contributed by atoms with Crippen molar-refractivity contribution < 1.29 is 4.79 Å². The van der Waals surface area contributed by atoms with Crippen molar-refractivity contribution in [3.05, 3.63) is 23.8 Å². The highest BCUT2D eigenvalue weighted by Crippen LogP contribution is 2.38. The predicted molar refractivity (Wildman–Crippen MR) is 76.6 cm³/mol. The molecule has 1 fully saturated rings. The molecule has 2 rings (SSSR count). The molecule has 2 atom stereocenters. The minimum atomic E-state index is -0.426. The van der Waals surface area contributed by atoms with Crippen molar-refractivity contribution in [3.8, 4) is 0 Å². The molecule has 0 heterocycles. The summed E-state index contributed by atoms with van der Waals surface area (Å²) in [5, 5.41) is 0.649. The molecule has 0 aliphatic heterocycles. The number of amides is 1. The third-order valence-corrected chi connectivity index (χ3v) is 4.86. The Morgan fingerprint density at radius 2 is 2.17 bits per heavy atom. The summed E-state index contributed by atoms with van der Waals surface area (Å²) < 4.78 is 0. The Kier molecular flexibility index (Phi) is 4.17. The fourth-order valence-corrected chi connectivity index (χ4v) is 3.88. The van der Waals surface area contributed by atoms with Gasteiger partial charge >= 0.3 is 0 Å². The zero-order valence-electron chi connectivity index (χ0n) is 10.7. The molecule has 1 aromatic rings. The van der Waals surface area contributed by atoms with Gasteiger partial charge in [-0.25, -0.2) is 0 Å². The summed E-state index contributed by atoms with van der Waals surface area (Å²) >= 11 is 1.84. The van der Waals surface area contributed by atoms with Crippen molar-refractivity contribution >= 4 is 23.4 Å². The molecule has 98 valence electrons. The van der Waals surface area contributed by atoms with Crippen molar-refractivity contribution in [3.63, 3.8) is 0 Å². The van der Waals surface area contributed by atoms with Gasteiger partial charge in [0.25, 0.3) is 0 Å². The van der Waals surface area contributed by atoms with Crippen LogP contribution in [0, 0.1) is 5.92 Å². The smallest absolute Gasteiger partial charge is 0.248 e. The van der Waals surface area contributed by atoms with Crippen molar-refractivity contribution in [1.82, 2.24) is 0 Å². The predicted octanol–water partition coefficient (Wildman–Crippen LogP) is 3.04. The fourth-order valence-electron chi connectivity index (χ4n) is 2.47. The minimum absolute atomic E-state index is 0.426. The van der Waals surface area contributed by atoms with Crippen LogP contribution in [0.15, 0.2) is 23.1 Å². The zero-order valence-corrected chi connectivity index (χ0v) is 11.5. The van der Waals surface area contributed by atoms with E-state index in [4.69, 9.17) is 11.5 Å². The molecule has 1 aromatic carbocycles. The molecular weight excluding hydrogens is 244 g/mol. The lowest BCUT2D eigenvalue weighted by Crippen LogP contribution is -2.15. The SMILES string of the molecule is CC1CCCC(Sc2ccc(C(N)=O)cc2N)C1. The van der Waals surface area contributed by atoms with Crippen LogP contribution >= 0.6 is 11.8 Å². The number of hydrogen-bond acceptors (Lipinski definition) is 3. The topological polar surface area (TPSA) is 69.1 Å². The van der Waals surface area contributed by atoms with E-state index in [1.165, 1.54) is 25.7 Å². The van der Waals surface area contributed by atoms with Gasteiger partial charge in [-0.1, -0.05) is 19.8 Å². The average Bonchev–Trinajstić information content (AvgIpc) is 2.31. The van der Waals surface area contributed by atoms with Gasteiger partial charge in [0.05, 0.1) is 0 Å². The van der Waals surface area contributed by atoms with E-state index < -0.39 is 5.91 Å². The Morgan fingerprint density at radius 3 is 2.78 bits per heavy atom. The Morgan fingerprint density at radius 1 is 1.39 bits per heavy atom. The first-order valence-corrected chi connectivity index (χ1v) is 7.30. The number of anilines is 1. The molecule has 2 unspecified atom stereocenters. The number of carbonyl (C=O) groups is 1. The van der Waals surface area contributed by atoms with E-state index in [1.54, 1.807) is 12.1 Å². The highest BCUT2D eigenvalue weighted by molar-refractivity contribution is 8.00. The van der Waals surface area contributed by atoms with E-state index in [9.17, 15) is 4.79 Å². The van der Waals surface area contributed by atoms with Crippen molar-refractivity contribution in [2.75, 3.05) is 5.73 Å². The van der Waals surface area contributed by atoms with Crippen molar-refractivity contribution in [2.45, 2.75) is 42.8 Å². The molecule has 0 saturated heterocycles. The maximum atomic E-state index is 11.1. The van der Waals surface area contributed by atoms with Gasteiger partial charge in [-0.3, -0.25) is 4.79 Å². The molecule has 1 aliphatic carbocycles. The number of nitrogen functional groups attached to an aromatic ring is 1. The Hall–Kier alpha value is -1.16. The van der Waals surface area contributed by atoms with Crippen LogP contribution in [0.1, 0.15) is 43.0 Å². The number of benzene rings is 1. The van der Waals surface area contributed by atoms with Gasteiger partial charge in [-0.05, 0) is 37.0 Å². The third-order valence-electron chi connectivity index (χ3n) is 3.48. The second-order valence-electron chi connectivity index (χ2n) is 5.13. The minimum Gasteiger partial charge on any atom is -0.398 e. The van der Waals surface area contributed by atoms with Crippen LogP contribution in [0.25, 0.3) is 0 Å². The molecule has 4 N–H and O–H groups in total. The fraction of sp³-hybridized carbons (Fsp3) is 0.500. The second-order valence-corrected chi connectivity index (χ2v) is 6.47. The summed E-state index contributed by atoms with van der Waals surface area (Å²) in [4.78, 5) is 12.1. The lowest BCUT2D eigenvalue weighted by atomic mass is 9.91. The van der Waals surface area contributed by atoms with Gasteiger partial charge in [0.15, 0.2) is 0 Å². The van der Waals surface area contributed by atoms with E-state index in [0.29, 0.717) is 16.5 Å². The summed E-state index contributed by atoms with van der Waals surface area (Å²) in [7, 11) is 0. The highest BCUT2D eigenvalue weighted by atomic mass is 32.2. The number of nitrogens with two attached hydrogens (primary N) is 2. The molecule has 1 amide bonds. The van der Waals surface area contributed by atoms with Crippen LogP contribution in [0.4, 0.5) is 5.69 Å². The molecule has 3 nitrogen and oxygen atoms in total. The third kappa shape index (κ3) is 3.19. The Bertz CT molecular complexity index is 447. The largest absolute Gasteiger partial charge is 0.398 e. The van der Waals surface area contributed by atoms with Crippen LogP contribution < -0.4 is 11.5 Å².